The maximum absolute atomic E-state index is 12.9. The molecule has 0 bridgehead atoms. The number of amides is 2. The number of hydrogen-bond acceptors (Lipinski definition) is 5. The molecule has 0 unspecified atom stereocenters. The maximum atomic E-state index is 12.9. The van der Waals surface area contributed by atoms with Crippen LogP contribution in [0.4, 0.5) is 11.4 Å². The van der Waals surface area contributed by atoms with Gasteiger partial charge in [0.15, 0.2) is 0 Å². The molecule has 0 fully saturated rings. The zero-order valence-corrected chi connectivity index (χ0v) is 24.6. The largest absolute Gasteiger partial charge is 0.374 e. The lowest BCUT2D eigenvalue weighted by Crippen LogP contribution is -2.32. The van der Waals surface area contributed by atoms with E-state index >= 15 is 0 Å². The highest BCUT2D eigenvalue weighted by molar-refractivity contribution is 6.04. The van der Waals surface area contributed by atoms with Crippen LogP contribution < -0.4 is 16.0 Å². The van der Waals surface area contributed by atoms with E-state index in [1.807, 2.05) is 0 Å². The van der Waals surface area contributed by atoms with E-state index in [2.05, 4.69) is 29.8 Å². The molecule has 0 radical (unpaired) electrons. The molecule has 0 aliphatic rings. The maximum Gasteiger partial charge on any atom is 0.287 e. The van der Waals surface area contributed by atoms with Crippen molar-refractivity contribution in [1.82, 2.24) is 19.8 Å². The fourth-order valence-corrected chi connectivity index (χ4v) is 4.43. The first kappa shape index (κ1) is 32.6. The second-order valence-electron chi connectivity index (χ2n) is 10.2. The summed E-state index contributed by atoms with van der Waals surface area (Å²) in [4.78, 5) is 40.8. The van der Waals surface area contributed by atoms with Crippen molar-refractivity contribution in [3.05, 3.63) is 46.0 Å². The van der Waals surface area contributed by atoms with Crippen LogP contribution in [0.15, 0.2) is 29.5 Å². The van der Waals surface area contributed by atoms with Crippen LogP contribution in [0.25, 0.3) is 0 Å². The highest BCUT2D eigenvalue weighted by Crippen LogP contribution is 2.18. The van der Waals surface area contributed by atoms with Crippen molar-refractivity contribution in [1.29, 1.82) is 0 Å². The van der Waals surface area contributed by atoms with Crippen LogP contribution in [-0.2, 0) is 14.1 Å². The van der Waals surface area contributed by atoms with Crippen LogP contribution in [-0.4, -0.2) is 51.3 Å². The number of nitro groups is 1. The Balaban J connectivity index is 1.89. The van der Waals surface area contributed by atoms with Gasteiger partial charge < -0.3 is 25.1 Å². The Morgan fingerprint density at radius 2 is 1.45 bits per heavy atom. The number of rotatable bonds is 19. The first-order chi connectivity index (χ1) is 19.3. The Kier molecular flexibility index (Phi) is 14.5. The Morgan fingerprint density at radius 1 is 0.825 bits per heavy atom. The second-order valence-corrected chi connectivity index (χ2v) is 10.2. The number of carbonyl (C=O) groups excluding carboxylic acids is 2. The summed E-state index contributed by atoms with van der Waals surface area (Å²) in [5.74, 6) is 0.184. The molecule has 2 aromatic heterocycles. The number of aromatic nitrogens is 2. The highest BCUT2D eigenvalue weighted by atomic mass is 16.6. The predicted octanol–water partition coefficient (Wildman–Crippen LogP) is 5.57. The zero-order valence-electron chi connectivity index (χ0n) is 24.6. The third-order valence-electron chi connectivity index (χ3n) is 6.75. The van der Waals surface area contributed by atoms with Crippen LogP contribution in [0.1, 0.15) is 105 Å². The van der Waals surface area contributed by atoms with Crippen molar-refractivity contribution in [2.75, 3.05) is 25.0 Å². The van der Waals surface area contributed by atoms with Gasteiger partial charge in [-0.15, -0.1) is 0 Å². The summed E-state index contributed by atoms with van der Waals surface area (Å²) in [6, 6.07) is 2.81. The fourth-order valence-electron chi connectivity index (χ4n) is 4.43. The lowest BCUT2D eigenvalue weighted by molar-refractivity contribution is -0.384. The van der Waals surface area contributed by atoms with Gasteiger partial charge in [-0.25, -0.2) is 0 Å². The number of anilines is 1. The number of nitrogens with one attached hydrogen (secondary N) is 3. The third-order valence-corrected chi connectivity index (χ3v) is 6.75. The average molecular weight is 558 g/mol. The Morgan fingerprint density at radius 3 is 2.10 bits per heavy atom. The second kappa shape index (κ2) is 17.9. The minimum Gasteiger partial charge on any atom is -0.374 e. The summed E-state index contributed by atoms with van der Waals surface area (Å²) >= 11 is 0. The third kappa shape index (κ3) is 11.2. The number of unbranched alkanes of at least 4 members (excludes halogenated alkanes) is 8. The van der Waals surface area contributed by atoms with Gasteiger partial charge in [-0.05, 0) is 18.9 Å². The van der Waals surface area contributed by atoms with Gasteiger partial charge in [-0.1, -0.05) is 65.2 Å². The first-order valence-electron chi connectivity index (χ1n) is 14.6. The van der Waals surface area contributed by atoms with Gasteiger partial charge >= 0.3 is 0 Å². The number of nitrogens with zero attached hydrogens (tertiary/aromatic N) is 4. The van der Waals surface area contributed by atoms with E-state index in [-0.39, 0.29) is 17.3 Å². The van der Waals surface area contributed by atoms with Crippen molar-refractivity contribution in [2.24, 2.45) is 19.1 Å². The van der Waals surface area contributed by atoms with Crippen LogP contribution in [0.5, 0.6) is 0 Å². The molecule has 0 atom stereocenters. The van der Waals surface area contributed by atoms with Crippen molar-refractivity contribution in [3.63, 3.8) is 0 Å². The van der Waals surface area contributed by atoms with Gasteiger partial charge in [0, 0.05) is 52.4 Å². The molecule has 0 saturated carbocycles. The molecule has 0 aliphatic heterocycles. The van der Waals surface area contributed by atoms with Gasteiger partial charge in [-0.2, -0.15) is 0 Å². The molecule has 0 saturated heterocycles. The Bertz CT molecular complexity index is 1120. The SMILES string of the molecule is CCCCCCCN=C(CCNC(=O)c1cc(NC(=O)c2cc([N+](=O)[O-])cn2C)cn1C)NCCCCCCC. The van der Waals surface area contributed by atoms with Gasteiger partial charge in [0.2, 0.25) is 0 Å². The molecule has 2 aromatic rings. The molecule has 11 heteroatoms. The number of aliphatic imine (C=N–C) groups is 1. The van der Waals surface area contributed by atoms with Crippen molar-refractivity contribution >= 4 is 29.0 Å². The number of carbonyl (C=O) groups is 2. The molecule has 0 aliphatic carbocycles. The smallest absolute Gasteiger partial charge is 0.287 e. The lowest BCUT2D eigenvalue weighted by atomic mass is 10.1. The topological polar surface area (TPSA) is 136 Å². The molecule has 222 valence electrons. The normalized spacial score (nSPS) is 11.4. The molecular formula is C29H47N7O4. The Labute approximate surface area is 238 Å². The number of amidine groups is 1. The van der Waals surface area contributed by atoms with Crippen LogP contribution >= 0.6 is 0 Å². The molecule has 40 heavy (non-hydrogen) atoms. The lowest BCUT2D eigenvalue weighted by Gasteiger charge is -2.12. The first-order valence-corrected chi connectivity index (χ1v) is 14.6. The molecular weight excluding hydrogens is 510 g/mol. The molecule has 2 heterocycles. The van der Waals surface area contributed by atoms with Gasteiger partial charge in [0.25, 0.3) is 17.5 Å². The van der Waals surface area contributed by atoms with E-state index < -0.39 is 10.8 Å². The van der Waals surface area contributed by atoms with E-state index in [1.54, 1.807) is 30.9 Å². The number of hydrogen-bond donors (Lipinski definition) is 3. The average Bonchev–Trinajstić information content (AvgIpc) is 3.49. The van der Waals surface area contributed by atoms with E-state index in [4.69, 9.17) is 4.99 Å². The van der Waals surface area contributed by atoms with Crippen LogP contribution in [0.3, 0.4) is 0 Å². The summed E-state index contributed by atoms with van der Waals surface area (Å²) in [7, 11) is 3.29. The molecule has 0 spiro atoms. The summed E-state index contributed by atoms with van der Waals surface area (Å²) in [6.45, 7) is 6.54. The summed E-state index contributed by atoms with van der Waals surface area (Å²) < 4.78 is 3.03. The summed E-state index contributed by atoms with van der Waals surface area (Å²) in [6.07, 6.45) is 15.6. The van der Waals surface area contributed by atoms with E-state index in [9.17, 15) is 19.7 Å². The Hall–Kier alpha value is -3.63. The van der Waals surface area contributed by atoms with Gasteiger partial charge in [0.05, 0.1) is 22.6 Å². The standard InChI is InChI=1S/C29H47N7O4/c1-5-7-9-11-13-16-30-27(31-17-14-12-10-8-6-2)15-18-32-28(37)25-19-23(21-34(25)3)33-29(38)26-20-24(36(39)40)22-35(26)4/h19-22H,5-18H2,1-4H3,(H,30,31)(H,32,37)(H,33,38). The van der Waals surface area contributed by atoms with Crippen LogP contribution in [0.2, 0.25) is 0 Å². The van der Waals surface area contributed by atoms with Gasteiger partial charge in [-0.3, -0.25) is 24.7 Å². The van der Waals surface area contributed by atoms with Crippen LogP contribution in [0, 0.1) is 10.1 Å². The quantitative estimate of drug-likeness (QED) is 0.0682. The molecule has 0 aromatic carbocycles. The number of aryl methyl sites for hydroxylation is 2. The van der Waals surface area contributed by atoms with Crippen molar-refractivity contribution < 1.29 is 14.5 Å². The molecule has 2 rings (SSSR count). The van der Waals surface area contributed by atoms with E-state index in [1.165, 1.54) is 68.2 Å². The molecule has 11 nitrogen and oxygen atoms in total. The zero-order chi connectivity index (χ0) is 29.3. The minimum atomic E-state index is -0.547. The highest BCUT2D eigenvalue weighted by Gasteiger charge is 2.19. The summed E-state index contributed by atoms with van der Waals surface area (Å²) in [5, 5.41) is 20.2. The van der Waals surface area contributed by atoms with Crippen molar-refractivity contribution in [2.45, 2.75) is 84.5 Å². The van der Waals surface area contributed by atoms with Crippen molar-refractivity contribution in [3.8, 4) is 0 Å². The monoisotopic (exact) mass is 557 g/mol. The summed E-state index contributed by atoms with van der Waals surface area (Å²) in [5.41, 5.74) is 0.811. The van der Waals surface area contributed by atoms with E-state index in [0.29, 0.717) is 24.3 Å². The predicted molar refractivity (Wildman–Crippen MR) is 160 cm³/mol. The van der Waals surface area contributed by atoms with Gasteiger partial charge in [0.1, 0.15) is 11.4 Å². The minimum absolute atomic E-state index is 0.150. The fraction of sp³-hybridized carbons (Fsp3) is 0.621. The van der Waals surface area contributed by atoms with E-state index in [0.717, 1.165) is 31.8 Å². The molecule has 2 amide bonds. The molecule has 3 N–H and O–H groups in total.